The maximum Gasteiger partial charge on any atom is 0.245 e. The first-order chi connectivity index (χ1) is 9.27. The van der Waals surface area contributed by atoms with E-state index in [1.165, 1.54) is 6.42 Å². The third kappa shape index (κ3) is 2.23. The summed E-state index contributed by atoms with van der Waals surface area (Å²) in [7, 11) is 0. The summed E-state index contributed by atoms with van der Waals surface area (Å²) in [4.78, 5) is 18.9. The third-order valence-corrected chi connectivity index (χ3v) is 3.92. The number of hydrogen-bond donors (Lipinski definition) is 0. The highest BCUT2D eigenvalue weighted by Gasteiger charge is 2.24. The number of hydrogen-bond acceptors (Lipinski definition) is 2. The maximum absolute atomic E-state index is 12.5. The highest BCUT2D eigenvalue weighted by molar-refractivity contribution is 5.83. The second kappa shape index (κ2) is 5.03. The number of imidazole rings is 1. The standard InChI is InChI=1S/C15H19N3O/c1-12(15(19)17-9-5-2-6-10-17)18-11-16-13-7-3-4-8-14(13)18/h3-4,7-8,11-12H,2,5-6,9-10H2,1H3/t12-/m1/s1. The normalized spacial score (nSPS) is 17.6. The monoisotopic (exact) mass is 257 g/mol. The lowest BCUT2D eigenvalue weighted by Crippen LogP contribution is -2.39. The van der Waals surface area contributed by atoms with E-state index in [0.29, 0.717) is 0 Å². The summed E-state index contributed by atoms with van der Waals surface area (Å²) in [5.74, 6) is 0.211. The molecule has 1 saturated heterocycles. The Balaban J connectivity index is 1.86. The Morgan fingerprint density at radius 1 is 1.21 bits per heavy atom. The number of benzene rings is 1. The molecule has 0 unspecified atom stereocenters. The van der Waals surface area contributed by atoms with Gasteiger partial charge >= 0.3 is 0 Å². The second-order valence-electron chi connectivity index (χ2n) is 5.20. The lowest BCUT2D eigenvalue weighted by Gasteiger charge is -2.29. The number of piperidine rings is 1. The van der Waals surface area contributed by atoms with E-state index in [2.05, 4.69) is 4.98 Å². The molecule has 2 aromatic rings. The molecule has 1 aliphatic rings. The first kappa shape index (κ1) is 12.2. The Morgan fingerprint density at radius 3 is 2.74 bits per heavy atom. The summed E-state index contributed by atoms with van der Waals surface area (Å²) in [5, 5.41) is 0. The minimum Gasteiger partial charge on any atom is -0.341 e. The van der Waals surface area contributed by atoms with E-state index in [1.807, 2.05) is 40.7 Å². The third-order valence-electron chi connectivity index (χ3n) is 3.92. The minimum atomic E-state index is -0.175. The second-order valence-corrected chi connectivity index (χ2v) is 5.20. The van der Waals surface area contributed by atoms with Gasteiger partial charge in [0.05, 0.1) is 17.4 Å². The van der Waals surface area contributed by atoms with Crippen molar-refractivity contribution in [3.05, 3.63) is 30.6 Å². The summed E-state index contributed by atoms with van der Waals surface area (Å²) in [6, 6.07) is 7.77. The predicted octanol–water partition coefficient (Wildman–Crippen LogP) is 2.61. The number of fused-ring (bicyclic) bond motifs is 1. The molecule has 100 valence electrons. The molecule has 1 atom stereocenters. The lowest BCUT2D eigenvalue weighted by atomic mass is 10.1. The molecule has 19 heavy (non-hydrogen) atoms. The van der Waals surface area contributed by atoms with E-state index in [1.54, 1.807) is 6.33 Å². The molecule has 0 N–H and O–H groups in total. The number of nitrogens with zero attached hydrogens (tertiary/aromatic N) is 3. The molecule has 1 amide bonds. The SMILES string of the molecule is C[C@H](C(=O)N1CCCCC1)n1cnc2ccccc21. The van der Waals surface area contributed by atoms with Crippen LogP contribution >= 0.6 is 0 Å². The summed E-state index contributed by atoms with van der Waals surface area (Å²) >= 11 is 0. The molecule has 0 bridgehead atoms. The van der Waals surface area contributed by atoms with Crippen molar-refractivity contribution in [3.63, 3.8) is 0 Å². The topological polar surface area (TPSA) is 38.1 Å². The van der Waals surface area contributed by atoms with Gasteiger partial charge in [-0.1, -0.05) is 12.1 Å². The molecule has 1 aliphatic heterocycles. The molecular formula is C15H19N3O. The Bertz CT molecular complexity index is 584. The zero-order chi connectivity index (χ0) is 13.2. The van der Waals surface area contributed by atoms with Crippen LogP contribution in [0.1, 0.15) is 32.2 Å². The molecule has 0 saturated carbocycles. The minimum absolute atomic E-state index is 0.175. The van der Waals surface area contributed by atoms with Crippen molar-refractivity contribution < 1.29 is 4.79 Å². The predicted molar refractivity (Wildman–Crippen MR) is 74.9 cm³/mol. The summed E-state index contributed by atoms with van der Waals surface area (Å²) in [6.45, 7) is 3.76. The van der Waals surface area contributed by atoms with Crippen molar-refractivity contribution in [1.82, 2.24) is 14.5 Å². The number of para-hydroxylation sites is 2. The van der Waals surface area contributed by atoms with Crippen LogP contribution in [0.15, 0.2) is 30.6 Å². The Hall–Kier alpha value is -1.84. The van der Waals surface area contributed by atoms with Gasteiger partial charge in [-0.25, -0.2) is 4.98 Å². The number of carbonyl (C=O) groups excluding carboxylic acids is 1. The van der Waals surface area contributed by atoms with Crippen molar-refractivity contribution in [1.29, 1.82) is 0 Å². The zero-order valence-corrected chi connectivity index (χ0v) is 11.2. The fourth-order valence-corrected chi connectivity index (χ4v) is 2.78. The van der Waals surface area contributed by atoms with Crippen LogP contribution in [-0.2, 0) is 4.79 Å². The van der Waals surface area contributed by atoms with Gasteiger partial charge in [0, 0.05) is 13.1 Å². The molecule has 3 rings (SSSR count). The molecule has 1 aromatic carbocycles. The van der Waals surface area contributed by atoms with Gasteiger partial charge in [0.15, 0.2) is 0 Å². The summed E-state index contributed by atoms with van der Waals surface area (Å²) < 4.78 is 1.98. The Labute approximate surface area is 113 Å². The van der Waals surface area contributed by atoms with Crippen molar-refractivity contribution in [2.45, 2.75) is 32.2 Å². The van der Waals surface area contributed by atoms with Gasteiger partial charge < -0.3 is 9.47 Å². The van der Waals surface area contributed by atoms with E-state index < -0.39 is 0 Å². The summed E-state index contributed by atoms with van der Waals surface area (Å²) in [5.41, 5.74) is 1.97. The van der Waals surface area contributed by atoms with Crippen LogP contribution in [0.2, 0.25) is 0 Å². The highest BCUT2D eigenvalue weighted by Crippen LogP contribution is 2.20. The van der Waals surface area contributed by atoms with Crippen LogP contribution in [0.5, 0.6) is 0 Å². The van der Waals surface area contributed by atoms with E-state index >= 15 is 0 Å². The van der Waals surface area contributed by atoms with Gasteiger partial charge in [0.1, 0.15) is 6.04 Å². The number of likely N-dealkylation sites (tertiary alicyclic amines) is 1. The first-order valence-corrected chi connectivity index (χ1v) is 6.98. The molecule has 4 heteroatoms. The fraction of sp³-hybridized carbons (Fsp3) is 0.467. The van der Waals surface area contributed by atoms with Crippen LogP contribution in [-0.4, -0.2) is 33.4 Å². The van der Waals surface area contributed by atoms with Crippen LogP contribution in [0.3, 0.4) is 0 Å². The molecule has 4 nitrogen and oxygen atoms in total. The fourth-order valence-electron chi connectivity index (χ4n) is 2.78. The average molecular weight is 257 g/mol. The highest BCUT2D eigenvalue weighted by atomic mass is 16.2. The van der Waals surface area contributed by atoms with Crippen LogP contribution in [0.4, 0.5) is 0 Å². The number of amides is 1. The number of rotatable bonds is 2. The van der Waals surface area contributed by atoms with Crippen molar-refractivity contribution >= 4 is 16.9 Å². The summed E-state index contributed by atoms with van der Waals surface area (Å²) in [6.07, 6.45) is 5.27. The largest absolute Gasteiger partial charge is 0.341 e. The van der Waals surface area contributed by atoms with Gasteiger partial charge in [0.2, 0.25) is 5.91 Å². The van der Waals surface area contributed by atoms with E-state index in [-0.39, 0.29) is 11.9 Å². The smallest absolute Gasteiger partial charge is 0.245 e. The van der Waals surface area contributed by atoms with E-state index in [0.717, 1.165) is 37.0 Å². The van der Waals surface area contributed by atoms with E-state index in [4.69, 9.17) is 0 Å². The van der Waals surface area contributed by atoms with Crippen LogP contribution < -0.4 is 0 Å². The van der Waals surface area contributed by atoms with Crippen molar-refractivity contribution in [2.24, 2.45) is 0 Å². The average Bonchev–Trinajstić information content (AvgIpc) is 2.90. The van der Waals surface area contributed by atoms with Crippen LogP contribution in [0.25, 0.3) is 11.0 Å². The quantitative estimate of drug-likeness (QED) is 0.829. The number of carbonyl (C=O) groups is 1. The zero-order valence-electron chi connectivity index (χ0n) is 11.2. The molecule has 1 aromatic heterocycles. The lowest BCUT2D eigenvalue weighted by molar-refractivity contribution is -0.135. The maximum atomic E-state index is 12.5. The van der Waals surface area contributed by atoms with Gasteiger partial charge in [-0.05, 0) is 38.3 Å². The van der Waals surface area contributed by atoms with Crippen molar-refractivity contribution in [3.8, 4) is 0 Å². The van der Waals surface area contributed by atoms with Crippen molar-refractivity contribution in [2.75, 3.05) is 13.1 Å². The molecule has 0 spiro atoms. The van der Waals surface area contributed by atoms with Gasteiger partial charge in [-0.3, -0.25) is 4.79 Å². The van der Waals surface area contributed by atoms with Crippen LogP contribution in [0, 0.1) is 0 Å². The molecular weight excluding hydrogens is 238 g/mol. The molecule has 0 radical (unpaired) electrons. The van der Waals surface area contributed by atoms with E-state index in [9.17, 15) is 4.79 Å². The number of aromatic nitrogens is 2. The van der Waals surface area contributed by atoms with Gasteiger partial charge in [-0.15, -0.1) is 0 Å². The Kier molecular flexibility index (Phi) is 3.23. The molecule has 1 fully saturated rings. The Morgan fingerprint density at radius 2 is 1.95 bits per heavy atom. The molecule has 2 heterocycles. The van der Waals surface area contributed by atoms with Gasteiger partial charge in [-0.2, -0.15) is 0 Å². The first-order valence-electron chi connectivity index (χ1n) is 6.98. The van der Waals surface area contributed by atoms with Gasteiger partial charge in [0.25, 0.3) is 0 Å². The molecule has 0 aliphatic carbocycles.